The predicted octanol–water partition coefficient (Wildman–Crippen LogP) is 2.59. The molecule has 5 atom stereocenters. The highest BCUT2D eigenvalue weighted by atomic mass is 79.9. The minimum atomic E-state index is -1.65. The Labute approximate surface area is 120 Å². The summed E-state index contributed by atoms with van der Waals surface area (Å²) in [6.07, 6.45) is 0.757. The molecule has 0 aromatic carbocycles. The Morgan fingerprint density at radius 2 is 2.00 bits per heavy atom. The first-order valence-corrected chi connectivity index (χ1v) is 10.9. The Kier molecular flexibility index (Phi) is 4.03. The number of halogens is 1. The van der Waals surface area contributed by atoms with E-state index in [-0.39, 0.29) is 11.1 Å². The van der Waals surface area contributed by atoms with Crippen LogP contribution >= 0.6 is 15.9 Å². The number of piperidine rings is 1. The first kappa shape index (κ1) is 15.0. The van der Waals surface area contributed by atoms with Gasteiger partial charge in [0.05, 0.1) is 24.8 Å². The molecular formula is C13H26BrNO2Si. The Morgan fingerprint density at radius 1 is 1.39 bits per heavy atom. The van der Waals surface area contributed by atoms with Crippen molar-refractivity contribution < 1.29 is 9.53 Å². The summed E-state index contributed by atoms with van der Waals surface area (Å²) in [6.45, 7) is 12.2. The second kappa shape index (κ2) is 4.84. The molecule has 2 aliphatic rings. The van der Waals surface area contributed by atoms with Crippen LogP contribution in [0.25, 0.3) is 0 Å². The zero-order chi connectivity index (χ0) is 13.7. The van der Waals surface area contributed by atoms with Crippen LogP contribution in [0.1, 0.15) is 27.2 Å². The number of rotatable bonds is 4. The molecule has 0 aromatic rings. The summed E-state index contributed by atoms with van der Waals surface area (Å²) in [5, 5.41) is 11.2. The van der Waals surface area contributed by atoms with Gasteiger partial charge in [-0.2, -0.15) is 0 Å². The zero-order valence-electron chi connectivity index (χ0n) is 12.1. The highest BCUT2D eigenvalue weighted by molar-refractivity contribution is 9.09. The minimum Gasteiger partial charge on any atom is -0.415 e. The fourth-order valence-corrected chi connectivity index (χ4v) is 4.29. The maximum Gasteiger partial charge on any atom is 0.192 e. The van der Waals surface area contributed by atoms with Crippen molar-refractivity contribution in [3.8, 4) is 0 Å². The van der Waals surface area contributed by atoms with E-state index >= 15 is 0 Å². The van der Waals surface area contributed by atoms with Crippen LogP contribution in [0.15, 0.2) is 0 Å². The monoisotopic (exact) mass is 335 g/mol. The quantitative estimate of drug-likeness (QED) is 0.487. The van der Waals surface area contributed by atoms with Gasteiger partial charge in [0.15, 0.2) is 8.32 Å². The highest BCUT2D eigenvalue weighted by Gasteiger charge is 2.60. The van der Waals surface area contributed by atoms with E-state index < -0.39 is 8.32 Å². The van der Waals surface area contributed by atoms with E-state index in [1.54, 1.807) is 0 Å². The topological polar surface area (TPSA) is 32.5 Å². The molecule has 0 radical (unpaired) electrons. The molecule has 1 unspecified atom stereocenters. The highest BCUT2D eigenvalue weighted by Crippen LogP contribution is 2.45. The van der Waals surface area contributed by atoms with Gasteiger partial charge in [-0.15, -0.1) is 0 Å². The number of alkyl halides is 1. The molecule has 0 saturated carbocycles. The molecule has 0 amide bonds. The van der Waals surface area contributed by atoms with Gasteiger partial charge in [0.1, 0.15) is 0 Å². The fourth-order valence-electron chi connectivity index (χ4n) is 2.67. The second-order valence-electron chi connectivity index (χ2n) is 7.19. The van der Waals surface area contributed by atoms with Gasteiger partial charge in [0.25, 0.3) is 0 Å². The second-order valence-corrected chi connectivity index (χ2v) is 12.6. The van der Waals surface area contributed by atoms with Crippen LogP contribution in [-0.2, 0) is 4.43 Å². The van der Waals surface area contributed by atoms with Crippen molar-refractivity contribution in [3.63, 3.8) is 0 Å². The summed E-state index contributed by atoms with van der Waals surface area (Å²) in [5.41, 5.74) is 0. The summed E-state index contributed by atoms with van der Waals surface area (Å²) in [7, 11) is -1.65. The van der Waals surface area contributed by atoms with E-state index in [1.165, 1.54) is 0 Å². The Bertz CT molecular complexity index is 319. The number of aliphatic hydroxyl groups is 1. The number of nitrogens with zero attached hydrogens (tertiary/aromatic N) is 1. The van der Waals surface area contributed by atoms with Crippen LogP contribution in [0.2, 0.25) is 18.1 Å². The normalized spacial score (nSPS) is 39.8. The molecule has 1 N–H and O–H groups in total. The van der Waals surface area contributed by atoms with Crippen LogP contribution in [0.5, 0.6) is 0 Å². The molecular weight excluding hydrogens is 310 g/mol. The van der Waals surface area contributed by atoms with Crippen molar-refractivity contribution in [2.45, 2.75) is 69.6 Å². The molecule has 18 heavy (non-hydrogen) atoms. The summed E-state index contributed by atoms with van der Waals surface area (Å²) in [6, 6.07) is 1.31. The Hall–Kier alpha value is 0.577. The van der Waals surface area contributed by atoms with E-state index in [0.29, 0.717) is 18.1 Å². The van der Waals surface area contributed by atoms with Gasteiger partial charge in [-0.05, 0) is 24.6 Å². The van der Waals surface area contributed by atoms with Gasteiger partial charge in [0, 0.05) is 11.4 Å². The molecule has 3 nitrogen and oxygen atoms in total. The van der Waals surface area contributed by atoms with Crippen molar-refractivity contribution in [2.24, 2.45) is 0 Å². The lowest BCUT2D eigenvalue weighted by Crippen LogP contribution is -2.42. The largest absolute Gasteiger partial charge is 0.415 e. The van der Waals surface area contributed by atoms with Crippen LogP contribution in [0, 0.1) is 0 Å². The van der Waals surface area contributed by atoms with Crippen molar-refractivity contribution in [1.29, 1.82) is 0 Å². The third-order valence-electron chi connectivity index (χ3n) is 4.96. The molecule has 0 spiro atoms. The summed E-state index contributed by atoms with van der Waals surface area (Å²) in [4.78, 5) is 2.42. The molecule has 2 heterocycles. The number of aliphatic hydroxyl groups excluding tert-OH is 1. The molecule has 2 fully saturated rings. The van der Waals surface area contributed by atoms with Crippen molar-refractivity contribution in [1.82, 2.24) is 4.90 Å². The van der Waals surface area contributed by atoms with Crippen LogP contribution in [-0.4, -0.2) is 54.5 Å². The number of hydrogen-bond donors (Lipinski definition) is 1. The van der Waals surface area contributed by atoms with E-state index in [1.807, 2.05) is 0 Å². The smallest absolute Gasteiger partial charge is 0.192 e. The summed E-state index contributed by atoms with van der Waals surface area (Å²) < 4.78 is 6.27. The molecule has 0 bridgehead atoms. The Balaban J connectivity index is 1.87. The lowest BCUT2D eigenvalue weighted by atomic mass is 10.1. The standard InChI is InChI=1S/C13H26BrNO2Si/c1-13(2,3)18(4,5)17-8-10-12-11(16)6-9(7-14)15(10)12/h9-12,16H,6-8H2,1-5H3/t9-,10-,11+,12+,15?/m1/s1. The minimum absolute atomic E-state index is 0.152. The van der Waals surface area contributed by atoms with E-state index in [9.17, 15) is 5.11 Å². The SMILES string of the molecule is CC(C)(C)[Si](C)(C)OC[C@@H]1[C@H]2[C@@H](O)C[C@H](CBr)N21. The molecule has 0 aliphatic carbocycles. The fraction of sp³-hybridized carbons (Fsp3) is 1.00. The van der Waals surface area contributed by atoms with Gasteiger partial charge >= 0.3 is 0 Å². The third-order valence-corrected chi connectivity index (χ3v) is 10.2. The van der Waals surface area contributed by atoms with E-state index in [2.05, 4.69) is 54.7 Å². The van der Waals surface area contributed by atoms with Crippen LogP contribution < -0.4 is 0 Å². The number of fused-ring (bicyclic) bond motifs is 1. The van der Waals surface area contributed by atoms with Gasteiger partial charge in [0.2, 0.25) is 0 Å². The maximum absolute atomic E-state index is 9.99. The van der Waals surface area contributed by atoms with Gasteiger partial charge in [-0.1, -0.05) is 36.7 Å². The predicted molar refractivity (Wildman–Crippen MR) is 80.8 cm³/mol. The van der Waals surface area contributed by atoms with Gasteiger partial charge < -0.3 is 9.53 Å². The molecule has 2 saturated heterocycles. The van der Waals surface area contributed by atoms with Crippen molar-refractivity contribution >= 4 is 24.2 Å². The molecule has 0 aromatic heterocycles. The first-order valence-electron chi connectivity index (χ1n) is 6.84. The van der Waals surface area contributed by atoms with Gasteiger partial charge in [-0.3, -0.25) is 4.90 Å². The summed E-state index contributed by atoms with van der Waals surface area (Å²) >= 11 is 3.54. The average Bonchev–Trinajstić information content (AvgIpc) is 2.86. The molecule has 2 rings (SSSR count). The number of hydrogen-bond acceptors (Lipinski definition) is 3. The third kappa shape index (κ3) is 2.57. The van der Waals surface area contributed by atoms with Crippen LogP contribution in [0.4, 0.5) is 0 Å². The molecule has 2 aliphatic heterocycles. The molecule has 5 heteroatoms. The molecule has 106 valence electrons. The van der Waals surface area contributed by atoms with E-state index in [4.69, 9.17) is 4.43 Å². The lowest BCUT2D eigenvalue weighted by Gasteiger charge is -2.36. The van der Waals surface area contributed by atoms with Crippen molar-refractivity contribution in [3.05, 3.63) is 0 Å². The summed E-state index contributed by atoms with van der Waals surface area (Å²) in [5.74, 6) is 0. The van der Waals surface area contributed by atoms with E-state index in [0.717, 1.165) is 18.4 Å². The maximum atomic E-state index is 9.99. The average molecular weight is 336 g/mol. The van der Waals surface area contributed by atoms with Crippen LogP contribution in [0.3, 0.4) is 0 Å². The first-order chi connectivity index (χ1) is 8.19. The zero-order valence-corrected chi connectivity index (χ0v) is 14.7. The lowest BCUT2D eigenvalue weighted by molar-refractivity contribution is 0.166. The van der Waals surface area contributed by atoms with Gasteiger partial charge in [-0.25, -0.2) is 0 Å². The van der Waals surface area contributed by atoms with Crippen molar-refractivity contribution in [2.75, 3.05) is 11.9 Å². The Morgan fingerprint density at radius 3 is 2.50 bits per heavy atom.